The van der Waals surface area contributed by atoms with Crippen molar-refractivity contribution >= 4 is 6.09 Å². The van der Waals surface area contributed by atoms with Gasteiger partial charge in [-0.2, -0.15) is 0 Å². The molecule has 0 bridgehead atoms. The molecule has 1 saturated heterocycles. The molecule has 0 radical (unpaired) electrons. The van der Waals surface area contributed by atoms with Gasteiger partial charge in [0.2, 0.25) is 0 Å². The lowest BCUT2D eigenvalue weighted by Gasteiger charge is -2.26. The van der Waals surface area contributed by atoms with Crippen molar-refractivity contribution in [2.24, 2.45) is 5.73 Å². The Labute approximate surface area is 91.8 Å². The van der Waals surface area contributed by atoms with Gasteiger partial charge in [-0.25, -0.2) is 4.79 Å². The smallest absolute Gasteiger partial charge is 0.410 e. The topological polar surface area (TPSA) is 55.6 Å². The molecule has 1 amide bonds. The van der Waals surface area contributed by atoms with Crippen LogP contribution in [0.3, 0.4) is 0 Å². The molecular formula is C11H22N2O2. The predicted octanol–water partition coefficient (Wildman–Crippen LogP) is 1.73. The van der Waals surface area contributed by atoms with E-state index in [2.05, 4.69) is 0 Å². The normalized spacial score (nSPS) is 23.5. The number of carbonyl (C=O) groups is 1. The maximum absolute atomic E-state index is 11.7. The number of hydrogen-bond donors (Lipinski definition) is 1. The van der Waals surface area contributed by atoms with Gasteiger partial charge in [-0.15, -0.1) is 0 Å². The van der Waals surface area contributed by atoms with Crippen LogP contribution in [-0.2, 0) is 4.74 Å². The second-order valence-electron chi connectivity index (χ2n) is 5.16. The molecule has 0 aromatic heterocycles. The minimum Gasteiger partial charge on any atom is -0.444 e. The van der Waals surface area contributed by atoms with Gasteiger partial charge in [-0.05, 0) is 40.0 Å². The Morgan fingerprint density at radius 1 is 1.33 bits per heavy atom. The van der Waals surface area contributed by atoms with E-state index in [1.807, 2.05) is 20.8 Å². The fraction of sp³-hybridized carbons (Fsp3) is 0.909. The summed E-state index contributed by atoms with van der Waals surface area (Å²) >= 11 is 0. The van der Waals surface area contributed by atoms with Crippen LogP contribution in [0.1, 0.15) is 40.0 Å². The largest absolute Gasteiger partial charge is 0.444 e. The first-order valence-corrected chi connectivity index (χ1v) is 5.62. The van der Waals surface area contributed by atoms with Crippen molar-refractivity contribution in [2.45, 2.75) is 51.7 Å². The van der Waals surface area contributed by atoms with Crippen LogP contribution < -0.4 is 5.73 Å². The van der Waals surface area contributed by atoms with Crippen LogP contribution in [0.15, 0.2) is 0 Å². The molecule has 1 fully saturated rings. The van der Waals surface area contributed by atoms with Gasteiger partial charge >= 0.3 is 6.09 Å². The number of hydrogen-bond acceptors (Lipinski definition) is 3. The van der Waals surface area contributed by atoms with Crippen LogP contribution in [0.4, 0.5) is 4.79 Å². The number of nitrogens with two attached hydrogens (primary N) is 1. The molecule has 15 heavy (non-hydrogen) atoms. The number of nitrogens with zero attached hydrogens (tertiary/aromatic N) is 1. The van der Waals surface area contributed by atoms with Crippen LogP contribution >= 0.6 is 0 Å². The summed E-state index contributed by atoms with van der Waals surface area (Å²) in [5.74, 6) is 0. The van der Waals surface area contributed by atoms with Crippen LogP contribution in [0.2, 0.25) is 0 Å². The molecule has 1 heterocycles. The monoisotopic (exact) mass is 214 g/mol. The first-order valence-electron chi connectivity index (χ1n) is 5.62. The van der Waals surface area contributed by atoms with Crippen LogP contribution in [0, 0.1) is 0 Å². The summed E-state index contributed by atoms with van der Waals surface area (Å²) in [4.78, 5) is 13.5. The SMILES string of the molecule is CC(C)(C)OC(=O)N1CCC[C@@H](N)CC1. The molecule has 2 N–H and O–H groups in total. The zero-order valence-electron chi connectivity index (χ0n) is 9.95. The number of amides is 1. The summed E-state index contributed by atoms with van der Waals surface area (Å²) < 4.78 is 5.31. The lowest BCUT2D eigenvalue weighted by atomic mass is 10.1. The van der Waals surface area contributed by atoms with Crippen molar-refractivity contribution in [3.8, 4) is 0 Å². The second-order valence-corrected chi connectivity index (χ2v) is 5.16. The number of likely N-dealkylation sites (tertiary alicyclic amines) is 1. The van der Waals surface area contributed by atoms with E-state index in [9.17, 15) is 4.79 Å². The van der Waals surface area contributed by atoms with Crippen LogP contribution in [0.25, 0.3) is 0 Å². The summed E-state index contributed by atoms with van der Waals surface area (Å²) in [6.07, 6.45) is 2.63. The minimum atomic E-state index is -0.411. The Bertz CT molecular complexity index is 223. The van der Waals surface area contributed by atoms with Gasteiger partial charge in [-0.1, -0.05) is 0 Å². The molecule has 4 nitrogen and oxygen atoms in total. The fourth-order valence-corrected chi connectivity index (χ4v) is 1.63. The van der Waals surface area contributed by atoms with Crippen LogP contribution in [-0.4, -0.2) is 35.7 Å². The summed E-state index contributed by atoms with van der Waals surface area (Å²) in [5.41, 5.74) is 5.43. The molecule has 0 aliphatic carbocycles. The van der Waals surface area contributed by atoms with Gasteiger partial charge in [0.15, 0.2) is 0 Å². The Morgan fingerprint density at radius 3 is 2.60 bits per heavy atom. The highest BCUT2D eigenvalue weighted by Gasteiger charge is 2.23. The van der Waals surface area contributed by atoms with Gasteiger partial charge in [0, 0.05) is 19.1 Å². The maximum atomic E-state index is 11.7. The Hall–Kier alpha value is -0.770. The van der Waals surface area contributed by atoms with E-state index in [-0.39, 0.29) is 12.1 Å². The van der Waals surface area contributed by atoms with E-state index in [4.69, 9.17) is 10.5 Å². The molecule has 1 atom stereocenters. The molecule has 4 heteroatoms. The summed E-state index contributed by atoms with van der Waals surface area (Å²) in [7, 11) is 0. The fourth-order valence-electron chi connectivity index (χ4n) is 1.63. The molecule has 1 rings (SSSR count). The number of ether oxygens (including phenoxy) is 1. The Kier molecular flexibility index (Phi) is 3.97. The molecule has 0 spiro atoms. The van der Waals surface area contributed by atoms with Crippen molar-refractivity contribution in [3.05, 3.63) is 0 Å². The predicted molar refractivity (Wildman–Crippen MR) is 59.6 cm³/mol. The summed E-state index contributed by atoms with van der Waals surface area (Å²) in [6.45, 7) is 7.13. The van der Waals surface area contributed by atoms with Gasteiger partial charge in [0.1, 0.15) is 5.60 Å². The lowest BCUT2D eigenvalue weighted by molar-refractivity contribution is 0.0256. The maximum Gasteiger partial charge on any atom is 0.410 e. The Morgan fingerprint density at radius 2 is 2.00 bits per heavy atom. The molecule has 0 unspecified atom stereocenters. The summed E-state index contributed by atoms with van der Waals surface area (Å²) in [5, 5.41) is 0. The number of carbonyl (C=O) groups excluding carboxylic acids is 1. The van der Waals surface area contributed by atoms with E-state index >= 15 is 0 Å². The molecule has 88 valence electrons. The third-order valence-electron chi connectivity index (χ3n) is 2.42. The third kappa shape index (κ3) is 4.51. The molecule has 0 saturated carbocycles. The lowest BCUT2D eigenvalue weighted by Crippen LogP contribution is -2.37. The standard InChI is InChI=1S/C11H22N2O2/c1-11(2,3)15-10(14)13-7-4-5-9(12)6-8-13/h9H,4-8,12H2,1-3H3/t9-/m1/s1. The van der Waals surface area contributed by atoms with Gasteiger partial charge in [0.05, 0.1) is 0 Å². The molecular weight excluding hydrogens is 192 g/mol. The zero-order valence-corrected chi connectivity index (χ0v) is 9.95. The molecule has 0 aromatic carbocycles. The first-order chi connectivity index (χ1) is 6.88. The van der Waals surface area contributed by atoms with Crippen molar-refractivity contribution in [1.29, 1.82) is 0 Å². The third-order valence-corrected chi connectivity index (χ3v) is 2.42. The van der Waals surface area contributed by atoms with Crippen molar-refractivity contribution in [3.63, 3.8) is 0 Å². The highest BCUT2D eigenvalue weighted by atomic mass is 16.6. The van der Waals surface area contributed by atoms with Gasteiger partial charge < -0.3 is 15.4 Å². The number of rotatable bonds is 0. The van der Waals surface area contributed by atoms with E-state index < -0.39 is 5.60 Å². The Balaban J connectivity index is 2.45. The van der Waals surface area contributed by atoms with E-state index in [0.717, 1.165) is 32.4 Å². The average molecular weight is 214 g/mol. The molecule has 1 aliphatic rings. The van der Waals surface area contributed by atoms with E-state index in [1.54, 1.807) is 4.90 Å². The van der Waals surface area contributed by atoms with E-state index in [1.165, 1.54) is 0 Å². The highest BCUT2D eigenvalue weighted by Crippen LogP contribution is 2.14. The average Bonchev–Trinajstić information content (AvgIpc) is 2.26. The summed E-state index contributed by atoms with van der Waals surface area (Å²) in [6, 6.07) is 0.234. The van der Waals surface area contributed by atoms with Crippen molar-refractivity contribution in [2.75, 3.05) is 13.1 Å². The van der Waals surface area contributed by atoms with Crippen molar-refractivity contribution < 1.29 is 9.53 Å². The van der Waals surface area contributed by atoms with E-state index in [0.29, 0.717) is 0 Å². The zero-order chi connectivity index (χ0) is 11.5. The van der Waals surface area contributed by atoms with Gasteiger partial charge in [-0.3, -0.25) is 0 Å². The minimum absolute atomic E-state index is 0.211. The first kappa shape index (κ1) is 12.3. The second kappa shape index (κ2) is 4.84. The van der Waals surface area contributed by atoms with Crippen LogP contribution in [0.5, 0.6) is 0 Å². The quantitative estimate of drug-likeness (QED) is 0.668. The molecule has 0 aromatic rings. The molecule has 1 aliphatic heterocycles. The van der Waals surface area contributed by atoms with Crippen molar-refractivity contribution in [1.82, 2.24) is 4.90 Å². The highest BCUT2D eigenvalue weighted by molar-refractivity contribution is 5.68. The van der Waals surface area contributed by atoms with Gasteiger partial charge in [0.25, 0.3) is 0 Å².